The van der Waals surface area contributed by atoms with Gasteiger partial charge in [0.15, 0.2) is 0 Å². The Morgan fingerprint density at radius 3 is 2.61 bits per heavy atom. The van der Waals surface area contributed by atoms with Gasteiger partial charge in [0.05, 0.1) is 6.04 Å². The second kappa shape index (κ2) is 8.07. The van der Waals surface area contributed by atoms with Crippen LogP contribution in [0.25, 0.3) is 0 Å². The zero-order valence-corrected chi connectivity index (χ0v) is 16.0. The molecule has 2 aromatic rings. The van der Waals surface area contributed by atoms with Crippen molar-refractivity contribution in [2.24, 2.45) is 0 Å². The van der Waals surface area contributed by atoms with Gasteiger partial charge in [-0.2, -0.15) is 0 Å². The van der Waals surface area contributed by atoms with Gasteiger partial charge in [0.1, 0.15) is 10.7 Å². The Labute approximate surface area is 162 Å². The molecule has 1 unspecified atom stereocenters. The molecule has 1 aliphatic rings. The highest BCUT2D eigenvalue weighted by molar-refractivity contribution is 7.90. The van der Waals surface area contributed by atoms with E-state index in [0.717, 1.165) is 17.7 Å². The molecule has 2 aromatic carbocycles. The largest absolute Gasteiger partial charge is 0.326 e. The van der Waals surface area contributed by atoms with Crippen LogP contribution in [0.15, 0.2) is 47.4 Å². The summed E-state index contributed by atoms with van der Waals surface area (Å²) in [5.74, 6) is -2.07. The van der Waals surface area contributed by atoms with Gasteiger partial charge in [0.2, 0.25) is 5.91 Å². The first kappa shape index (κ1) is 20.0. The molecule has 2 amide bonds. The van der Waals surface area contributed by atoms with Gasteiger partial charge < -0.3 is 10.6 Å². The highest BCUT2D eigenvalue weighted by Crippen LogP contribution is 2.28. The normalized spacial score (nSPS) is 14.7. The van der Waals surface area contributed by atoms with E-state index in [1.807, 2.05) is 35.1 Å². The number of amides is 2. The highest BCUT2D eigenvalue weighted by atomic mass is 32.2. The number of nitrogens with one attached hydrogen (secondary N) is 3. The maximum atomic E-state index is 14.4. The fourth-order valence-corrected chi connectivity index (χ4v) is 4.15. The van der Waals surface area contributed by atoms with Crippen LogP contribution in [0.3, 0.4) is 0 Å². The van der Waals surface area contributed by atoms with Crippen molar-refractivity contribution in [1.29, 1.82) is 0 Å². The van der Waals surface area contributed by atoms with Gasteiger partial charge in [-0.3, -0.25) is 9.59 Å². The van der Waals surface area contributed by atoms with E-state index in [-0.39, 0.29) is 24.4 Å². The summed E-state index contributed by atoms with van der Waals surface area (Å²) in [4.78, 5) is 23.3. The van der Waals surface area contributed by atoms with E-state index >= 15 is 0 Å². The molecule has 0 bridgehead atoms. The summed E-state index contributed by atoms with van der Waals surface area (Å²) in [6, 6.07) is 10.4. The number of sulfonamides is 1. The van der Waals surface area contributed by atoms with Gasteiger partial charge in [0.25, 0.3) is 15.9 Å². The zero-order chi connectivity index (χ0) is 20.3. The molecule has 0 aliphatic carbocycles. The minimum absolute atomic E-state index is 0.184. The second-order valence-electron chi connectivity index (χ2n) is 6.49. The number of hydrogen-bond acceptors (Lipinski definition) is 5. The summed E-state index contributed by atoms with van der Waals surface area (Å²) in [5, 5.41) is 5.28. The molecule has 1 aliphatic heterocycles. The summed E-state index contributed by atoms with van der Waals surface area (Å²) in [6.07, 6.45) is 0.756. The van der Waals surface area contributed by atoms with Crippen LogP contribution in [-0.4, -0.2) is 33.3 Å². The first-order chi connectivity index (χ1) is 13.3. The van der Waals surface area contributed by atoms with Gasteiger partial charge >= 0.3 is 0 Å². The Bertz CT molecular complexity index is 1010. The molecule has 3 rings (SSSR count). The minimum Gasteiger partial charge on any atom is -0.326 e. The van der Waals surface area contributed by atoms with E-state index in [2.05, 4.69) is 10.6 Å². The molecule has 9 heteroatoms. The molecule has 0 saturated carbocycles. The van der Waals surface area contributed by atoms with Crippen LogP contribution in [-0.2, 0) is 32.5 Å². The van der Waals surface area contributed by atoms with Crippen molar-refractivity contribution in [3.63, 3.8) is 0 Å². The summed E-state index contributed by atoms with van der Waals surface area (Å²) < 4.78 is 41.5. The number of fused-ring (bicyclic) bond motifs is 1. The molecule has 7 nitrogen and oxygen atoms in total. The van der Waals surface area contributed by atoms with E-state index in [9.17, 15) is 22.4 Å². The van der Waals surface area contributed by atoms with E-state index in [1.54, 1.807) is 7.05 Å². The lowest BCUT2D eigenvalue weighted by molar-refractivity contribution is -0.121. The average Bonchev–Trinajstić information content (AvgIpc) is 2.65. The second-order valence-corrected chi connectivity index (χ2v) is 8.14. The average molecular weight is 405 g/mol. The topological polar surface area (TPSA) is 104 Å². The zero-order valence-electron chi connectivity index (χ0n) is 15.2. The number of rotatable bonds is 6. The van der Waals surface area contributed by atoms with Gasteiger partial charge in [-0.1, -0.05) is 30.3 Å². The Hall–Kier alpha value is -2.78. The number of aryl methyl sites for hydroxylation is 1. The maximum absolute atomic E-state index is 14.4. The van der Waals surface area contributed by atoms with E-state index in [0.29, 0.717) is 12.0 Å². The molecule has 0 spiro atoms. The Morgan fingerprint density at radius 2 is 1.93 bits per heavy atom. The lowest BCUT2D eigenvalue weighted by Crippen LogP contribution is -2.46. The minimum atomic E-state index is -4.41. The van der Waals surface area contributed by atoms with Gasteiger partial charge in [-0.05, 0) is 43.1 Å². The van der Waals surface area contributed by atoms with Crippen LogP contribution in [0.4, 0.5) is 10.1 Å². The molecule has 0 aromatic heterocycles. The molecular formula is C19H20FN3O4S. The SMILES string of the molecule is CNC(Cc1ccccc1)C(=O)NS(=O)(=O)c1cc2c(cc1F)NC(=O)CC2. The third-order valence-electron chi connectivity index (χ3n) is 4.53. The Balaban J connectivity index is 1.81. The molecule has 3 N–H and O–H groups in total. The Morgan fingerprint density at radius 1 is 1.21 bits per heavy atom. The van der Waals surface area contributed by atoms with Crippen molar-refractivity contribution < 1.29 is 22.4 Å². The molecule has 0 fully saturated rings. The van der Waals surface area contributed by atoms with Crippen molar-refractivity contribution in [3.05, 3.63) is 59.4 Å². The lowest BCUT2D eigenvalue weighted by Gasteiger charge is -2.19. The predicted octanol–water partition coefficient (Wildman–Crippen LogP) is 1.35. The number of anilines is 1. The number of benzene rings is 2. The number of carbonyl (C=O) groups excluding carboxylic acids is 2. The van der Waals surface area contributed by atoms with Crippen LogP contribution in [0.5, 0.6) is 0 Å². The van der Waals surface area contributed by atoms with E-state index < -0.39 is 32.7 Å². The summed E-state index contributed by atoms with van der Waals surface area (Å²) >= 11 is 0. The van der Waals surface area contributed by atoms with Gasteiger partial charge in [-0.15, -0.1) is 0 Å². The Kier molecular flexibility index (Phi) is 5.76. The number of hydrogen-bond donors (Lipinski definition) is 3. The van der Waals surface area contributed by atoms with Crippen molar-refractivity contribution in [1.82, 2.24) is 10.0 Å². The van der Waals surface area contributed by atoms with Gasteiger partial charge in [0, 0.05) is 12.1 Å². The van der Waals surface area contributed by atoms with Crippen LogP contribution in [0, 0.1) is 5.82 Å². The van der Waals surface area contributed by atoms with Crippen molar-refractivity contribution in [2.45, 2.75) is 30.2 Å². The first-order valence-electron chi connectivity index (χ1n) is 8.70. The third-order valence-corrected chi connectivity index (χ3v) is 5.89. The fourth-order valence-electron chi connectivity index (χ4n) is 3.02. The highest BCUT2D eigenvalue weighted by Gasteiger charge is 2.28. The number of halogens is 1. The van der Waals surface area contributed by atoms with Gasteiger partial charge in [-0.25, -0.2) is 17.5 Å². The van der Waals surface area contributed by atoms with E-state index in [1.165, 1.54) is 0 Å². The number of likely N-dealkylation sites (N-methyl/N-ethyl adjacent to an activating group) is 1. The molecular weight excluding hydrogens is 385 g/mol. The standard InChI is InChI=1S/C19H20FN3O4S/c1-21-16(9-12-5-3-2-4-6-12)19(25)23-28(26,27)17-10-13-7-8-18(24)22-15(13)11-14(17)20/h2-6,10-11,16,21H,7-9H2,1H3,(H,22,24)(H,23,25). The summed E-state index contributed by atoms with van der Waals surface area (Å²) in [5.41, 5.74) is 1.60. The molecule has 1 atom stereocenters. The third kappa shape index (κ3) is 4.37. The van der Waals surface area contributed by atoms with Crippen LogP contribution < -0.4 is 15.4 Å². The van der Waals surface area contributed by atoms with Crippen molar-refractivity contribution in [3.8, 4) is 0 Å². The predicted molar refractivity (Wildman–Crippen MR) is 102 cm³/mol. The summed E-state index contributed by atoms with van der Waals surface area (Å²) in [6.45, 7) is 0. The molecule has 148 valence electrons. The van der Waals surface area contributed by atoms with Crippen LogP contribution >= 0.6 is 0 Å². The molecule has 28 heavy (non-hydrogen) atoms. The van der Waals surface area contributed by atoms with Crippen LogP contribution in [0.2, 0.25) is 0 Å². The fraction of sp³-hybridized carbons (Fsp3) is 0.263. The molecule has 1 heterocycles. The lowest BCUT2D eigenvalue weighted by atomic mass is 10.0. The summed E-state index contributed by atoms with van der Waals surface area (Å²) in [7, 11) is -2.87. The monoisotopic (exact) mass is 405 g/mol. The van der Waals surface area contributed by atoms with Crippen molar-refractivity contribution >= 4 is 27.5 Å². The molecule has 0 saturated heterocycles. The quantitative estimate of drug-likeness (QED) is 0.673. The first-order valence-corrected chi connectivity index (χ1v) is 10.2. The van der Waals surface area contributed by atoms with E-state index in [4.69, 9.17) is 0 Å². The smallest absolute Gasteiger partial charge is 0.267 e. The molecule has 0 radical (unpaired) electrons. The maximum Gasteiger partial charge on any atom is 0.267 e. The number of carbonyl (C=O) groups is 2. The van der Waals surface area contributed by atoms with Crippen LogP contribution in [0.1, 0.15) is 17.5 Å². The van der Waals surface area contributed by atoms with Crippen molar-refractivity contribution in [2.75, 3.05) is 12.4 Å².